The molecule has 0 radical (unpaired) electrons. The van der Waals surface area contributed by atoms with Gasteiger partial charge >= 0.3 is 0 Å². The molecule has 1 aromatic heterocycles. The topological polar surface area (TPSA) is 28.4 Å². The van der Waals surface area contributed by atoms with Gasteiger partial charge in [0.25, 0.3) is 0 Å². The predicted molar refractivity (Wildman–Crippen MR) is 89.0 cm³/mol. The summed E-state index contributed by atoms with van der Waals surface area (Å²) in [7, 11) is 2.02. The zero-order valence-corrected chi connectivity index (χ0v) is 13.7. The largest absolute Gasteiger partial charge is 0.467 e. The van der Waals surface area contributed by atoms with Gasteiger partial charge in [-0.25, -0.2) is 0 Å². The number of rotatable bonds is 7. The fraction of sp³-hybridized carbons (Fsp3) is 0.412. The second-order valence-corrected chi connectivity index (χ2v) is 5.73. The van der Waals surface area contributed by atoms with E-state index < -0.39 is 0 Å². The summed E-state index contributed by atoms with van der Waals surface area (Å²) < 4.78 is 5.38. The third-order valence-corrected chi connectivity index (χ3v) is 3.86. The molecule has 0 aliphatic heterocycles. The Morgan fingerprint density at radius 3 is 2.76 bits per heavy atom. The highest BCUT2D eigenvalue weighted by atomic mass is 35.5. The summed E-state index contributed by atoms with van der Waals surface area (Å²) in [6, 6.07) is 10.4. The van der Waals surface area contributed by atoms with Gasteiger partial charge in [0.05, 0.1) is 23.5 Å². The molecule has 0 saturated heterocycles. The summed E-state index contributed by atoms with van der Waals surface area (Å²) in [6.07, 6.45) is 2.82. The number of hydrogen-bond donors (Lipinski definition) is 1. The minimum atomic E-state index is 0.312. The summed E-state index contributed by atoms with van der Waals surface area (Å²) in [5.41, 5.74) is 2.23. The smallest absolute Gasteiger partial charge is 0.123 e. The Morgan fingerprint density at radius 1 is 1.33 bits per heavy atom. The van der Waals surface area contributed by atoms with Gasteiger partial charge in [-0.15, -0.1) is 0 Å². The standard InChI is InChI=1S/C17H23ClN2O/c1-4-9-19-13(2)14-7-8-17(16(18)11-14)20(3)12-15-6-5-10-21-15/h5-8,10-11,13,19H,4,9,12H2,1-3H3. The van der Waals surface area contributed by atoms with Crippen molar-refractivity contribution in [3.8, 4) is 0 Å². The molecule has 3 nitrogen and oxygen atoms in total. The van der Waals surface area contributed by atoms with E-state index in [4.69, 9.17) is 16.0 Å². The maximum absolute atomic E-state index is 6.44. The van der Waals surface area contributed by atoms with E-state index in [1.165, 1.54) is 5.56 Å². The first-order valence-corrected chi connectivity index (χ1v) is 7.76. The molecule has 1 N–H and O–H groups in total. The molecule has 21 heavy (non-hydrogen) atoms. The van der Waals surface area contributed by atoms with Crippen molar-refractivity contribution in [3.05, 3.63) is 52.9 Å². The van der Waals surface area contributed by atoms with Crippen molar-refractivity contribution in [2.45, 2.75) is 32.9 Å². The fourth-order valence-electron chi connectivity index (χ4n) is 2.30. The van der Waals surface area contributed by atoms with Crippen molar-refractivity contribution < 1.29 is 4.42 Å². The summed E-state index contributed by atoms with van der Waals surface area (Å²) >= 11 is 6.44. The van der Waals surface area contributed by atoms with Crippen molar-refractivity contribution in [1.29, 1.82) is 0 Å². The van der Waals surface area contributed by atoms with Crippen LogP contribution in [0.2, 0.25) is 5.02 Å². The average Bonchev–Trinajstić information content (AvgIpc) is 2.97. The maximum Gasteiger partial charge on any atom is 0.123 e. The molecule has 2 aromatic rings. The van der Waals surface area contributed by atoms with Gasteiger partial charge in [-0.2, -0.15) is 0 Å². The fourth-order valence-corrected chi connectivity index (χ4v) is 2.64. The Labute approximate surface area is 131 Å². The van der Waals surface area contributed by atoms with Crippen molar-refractivity contribution in [2.24, 2.45) is 0 Å². The maximum atomic E-state index is 6.44. The number of nitrogens with one attached hydrogen (secondary N) is 1. The Bertz CT molecular complexity index is 554. The van der Waals surface area contributed by atoms with Crippen molar-refractivity contribution >= 4 is 17.3 Å². The molecule has 1 heterocycles. The normalized spacial score (nSPS) is 12.4. The third-order valence-electron chi connectivity index (χ3n) is 3.56. The number of furan rings is 1. The van der Waals surface area contributed by atoms with Crippen LogP contribution in [0.4, 0.5) is 5.69 Å². The molecule has 114 valence electrons. The van der Waals surface area contributed by atoms with Gasteiger partial charge in [0.2, 0.25) is 0 Å². The lowest BCUT2D eigenvalue weighted by Crippen LogP contribution is -2.20. The molecule has 0 amide bonds. The molecule has 0 fully saturated rings. The highest BCUT2D eigenvalue weighted by Crippen LogP contribution is 2.29. The quantitative estimate of drug-likeness (QED) is 0.808. The molecule has 1 aromatic carbocycles. The zero-order chi connectivity index (χ0) is 15.2. The third kappa shape index (κ3) is 4.26. The van der Waals surface area contributed by atoms with Gasteiger partial charge in [-0.3, -0.25) is 0 Å². The second kappa shape index (κ2) is 7.53. The molecule has 0 saturated carbocycles. The second-order valence-electron chi connectivity index (χ2n) is 5.32. The lowest BCUT2D eigenvalue weighted by molar-refractivity contribution is 0.507. The first-order valence-electron chi connectivity index (χ1n) is 7.38. The first-order chi connectivity index (χ1) is 10.1. The average molecular weight is 307 g/mol. The van der Waals surface area contributed by atoms with Crippen LogP contribution in [-0.4, -0.2) is 13.6 Å². The van der Waals surface area contributed by atoms with Gasteiger partial charge in [0.1, 0.15) is 5.76 Å². The number of nitrogens with zero attached hydrogens (tertiary/aromatic N) is 1. The van der Waals surface area contributed by atoms with Crippen molar-refractivity contribution in [3.63, 3.8) is 0 Å². The molecular weight excluding hydrogens is 284 g/mol. The first kappa shape index (κ1) is 15.9. The predicted octanol–water partition coefficient (Wildman–Crippen LogP) is 4.63. The van der Waals surface area contributed by atoms with E-state index in [-0.39, 0.29) is 0 Å². The van der Waals surface area contributed by atoms with Gasteiger partial charge in [-0.05, 0) is 49.7 Å². The van der Waals surface area contributed by atoms with E-state index in [1.54, 1.807) is 6.26 Å². The van der Waals surface area contributed by atoms with Crippen molar-refractivity contribution in [2.75, 3.05) is 18.5 Å². The van der Waals surface area contributed by atoms with E-state index >= 15 is 0 Å². The van der Waals surface area contributed by atoms with Crippen LogP contribution < -0.4 is 10.2 Å². The van der Waals surface area contributed by atoms with E-state index in [0.717, 1.165) is 29.4 Å². The SMILES string of the molecule is CCCNC(C)c1ccc(N(C)Cc2ccco2)c(Cl)c1. The van der Waals surface area contributed by atoms with Crippen LogP contribution in [0.25, 0.3) is 0 Å². The molecular formula is C17H23ClN2O. The monoisotopic (exact) mass is 306 g/mol. The highest BCUT2D eigenvalue weighted by Gasteiger charge is 2.11. The van der Waals surface area contributed by atoms with Crippen molar-refractivity contribution in [1.82, 2.24) is 5.32 Å². The minimum absolute atomic E-state index is 0.312. The minimum Gasteiger partial charge on any atom is -0.467 e. The molecule has 0 spiro atoms. The number of halogens is 1. The van der Waals surface area contributed by atoms with Crippen LogP contribution in [0.1, 0.15) is 37.6 Å². The summed E-state index contributed by atoms with van der Waals surface area (Å²) in [5.74, 6) is 0.927. The van der Waals surface area contributed by atoms with Gasteiger partial charge in [-0.1, -0.05) is 24.6 Å². The molecule has 4 heteroatoms. The Balaban J connectivity index is 2.07. The number of anilines is 1. The molecule has 0 aliphatic carbocycles. The van der Waals surface area contributed by atoms with Gasteiger partial charge in [0, 0.05) is 13.1 Å². The van der Waals surface area contributed by atoms with Crippen LogP contribution in [-0.2, 0) is 6.54 Å². The zero-order valence-electron chi connectivity index (χ0n) is 12.9. The van der Waals surface area contributed by atoms with E-state index in [0.29, 0.717) is 12.6 Å². The number of hydrogen-bond acceptors (Lipinski definition) is 3. The molecule has 1 atom stereocenters. The van der Waals surface area contributed by atoms with Crippen LogP contribution in [0.15, 0.2) is 41.0 Å². The van der Waals surface area contributed by atoms with Crippen LogP contribution in [0, 0.1) is 0 Å². The molecule has 0 bridgehead atoms. The Morgan fingerprint density at radius 2 is 2.14 bits per heavy atom. The Hall–Kier alpha value is -1.45. The van der Waals surface area contributed by atoms with Crippen LogP contribution in [0.5, 0.6) is 0 Å². The Kier molecular flexibility index (Phi) is 5.71. The summed E-state index contributed by atoms with van der Waals surface area (Å²) in [4.78, 5) is 2.09. The van der Waals surface area contributed by atoms with E-state index in [1.807, 2.05) is 25.2 Å². The van der Waals surface area contributed by atoms with Crippen LogP contribution in [0.3, 0.4) is 0 Å². The lowest BCUT2D eigenvalue weighted by Gasteiger charge is -2.21. The number of benzene rings is 1. The van der Waals surface area contributed by atoms with Gasteiger partial charge in [0.15, 0.2) is 0 Å². The molecule has 2 rings (SSSR count). The summed E-state index contributed by atoms with van der Waals surface area (Å²) in [6.45, 7) is 6.04. The highest BCUT2D eigenvalue weighted by molar-refractivity contribution is 6.33. The lowest BCUT2D eigenvalue weighted by atomic mass is 10.1. The molecule has 1 unspecified atom stereocenters. The van der Waals surface area contributed by atoms with E-state index in [9.17, 15) is 0 Å². The molecule has 0 aliphatic rings. The van der Waals surface area contributed by atoms with Gasteiger partial charge < -0.3 is 14.6 Å². The summed E-state index contributed by atoms with van der Waals surface area (Å²) in [5, 5.41) is 4.24. The van der Waals surface area contributed by atoms with E-state index in [2.05, 4.69) is 36.2 Å². The van der Waals surface area contributed by atoms with Crippen LogP contribution >= 0.6 is 11.6 Å².